The van der Waals surface area contributed by atoms with Gasteiger partial charge < -0.3 is 0 Å². The maximum atomic E-state index is 5.31. The van der Waals surface area contributed by atoms with E-state index in [1.54, 1.807) is 0 Å². The number of pyridine rings is 1. The summed E-state index contributed by atoms with van der Waals surface area (Å²) in [7, 11) is 2.14. The predicted molar refractivity (Wildman–Crippen MR) is 152 cm³/mol. The zero-order valence-corrected chi connectivity index (χ0v) is 20.0. The second-order valence-electron chi connectivity index (χ2n) is 9.98. The van der Waals surface area contributed by atoms with Crippen molar-refractivity contribution in [1.82, 2.24) is 4.98 Å². The SMILES string of the molecule is Bc1ccc(-c2nc3ccccc3c3c2-c2ccccc2C32c3ccccc3-c3ccccc32)cc1. The van der Waals surface area contributed by atoms with Crippen LogP contribution in [0.15, 0.2) is 121 Å². The topological polar surface area (TPSA) is 12.9 Å². The second kappa shape index (κ2) is 7.05. The van der Waals surface area contributed by atoms with E-state index in [2.05, 4.69) is 129 Å². The van der Waals surface area contributed by atoms with E-state index >= 15 is 0 Å². The number of para-hydroxylation sites is 1. The van der Waals surface area contributed by atoms with Gasteiger partial charge in [-0.05, 0) is 45.0 Å². The lowest BCUT2D eigenvalue weighted by Crippen LogP contribution is -2.26. The van der Waals surface area contributed by atoms with Gasteiger partial charge in [0.25, 0.3) is 0 Å². The van der Waals surface area contributed by atoms with Crippen LogP contribution in [0, 0.1) is 0 Å². The molecule has 1 nitrogen and oxygen atoms in total. The van der Waals surface area contributed by atoms with Gasteiger partial charge in [-0.2, -0.15) is 0 Å². The Morgan fingerprint density at radius 2 is 1.06 bits per heavy atom. The van der Waals surface area contributed by atoms with Gasteiger partial charge in [-0.25, -0.2) is 4.98 Å². The number of hydrogen-bond acceptors (Lipinski definition) is 1. The molecule has 36 heavy (non-hydrogen) atoms. The maximum absolute atomic E-state index is 5.31. The lowest BCUT2D eigenvalue weighted by Gasteiger charge is -2.31. The Hall–Kier alpha value is -4.43. The molecule has 0 radical (unpaired) electrons. The van der Waals surface area contributed by atoms with Crippen LogP contribution in [0.4, 0.5) is 0 Å². The normalized spacial score (nSPS) is 13.9. The highest BCUT2D eigenvalue weighted by atomic mass is 14.7. The highest BCUT2D eigenvalue weighted by Gasteiger charge is 2.53. The molecule has 8 rings (SSSR count). The molecule has 5 aromatic carbocycles. The van der Waals surface area contributed by atoms with Gasteiger partial charge in [0.1, 0.15) is 7.85 Å². The Morgan fingerprint density at radius 1 is 0.528 bits per heavy atom. The third-order valence-electron chi connectivity index (χ3n) is 8.15. The van der Waals surface area contributed by atoms with Gasteiger partial charge in [-0.3, -0.25) is 0 Å². The van der Waals surface area contributed by atoms with Crippen molar-refractivity contribution in [1.29, 1.82) is 0 Å². The number of hydrogen-bond donors (Lipinski definition) is 0. The zero-order chi connectivity index (χ0) is 23.9. The molecule has 0 atom stereocenters. The summed E-state index contributed by atoms with van der Waals surface area (Å²) in [5, 5.41) is 1.23. The van der Waals surface area contributed by atoms with Crippen LogP contribution in [0.2, 0.25) is 0 Å². The van der Waals surface area contributed by atoms with Crippen molar-refractivity contribution in [3.05, 3.63) is 144 Å². The highest BCUT2D eigenvalue weighted by Crippen LogP contribution is 2.64. The third-order valence-corrected chi connectivity index (χ3v) is 8.15. The van der Waals surface area contributed by atoms with Gasteiger partial charge in [-0.15, -0.1) is 0 Å². The van der Waals surface area contributed by atoms with Crippen LogP contribution in [0.1, 0.15) is 22.3 Å². The van der Waals surface area contributed by atoms with Crippen LogP contribution in [-0.2, 0) is 5.41 Å². The number of rotatable bonds is 1. The lowest BCUT2D eigenvalue weighted by atomic mass is 9.69. The monoisotopic (exact) mass is 455 g/mol. The van der Waals surface area contributed by atoms with E-state index in [4.69, 9.17) is 4.98 Å². The first-order valence-electron chi connectivity index (χ1n) is 12.6. The molecule has 1 aromatic heterocycles. The average Bonchev–Trinajstić information content (AvgIpc) is 3.41. The first-order valence-corrected chi connectivity index (χ1v) is 12.6. The molecule has 2 aliphatic rings. The first kappa shape index (κ1) is 19.8. The molecule has 0 unspecified atom stereocenters. The molecule has 1 spiro atoms. The van der Waals surface area contributed by atoms with Gasteiger partial charge in [0.05, 0.1) is 16.6 Å². The number of benzene rings is 5. The summed E-state index contributed by atoms with van der Waals surface area (Å²) in [4.78, 5) is 5.31. The van der Waals surface area contributed by atoms with Crippen LogP contribution in [0.5, 0.6) is 0 Å². The van der Waals surface area contributed by atoms with E-state index in [0.717, 1.165) is 16.8 Å². The molecule has 0 N–H and O–H groups in total. The van der Waals surface area contributed by atoms with Crippen LogP contribution < -0.4 is 5.46 Å². The Labute approximate surface area is 211 Å². The van der Waals surface area contributed by atoms with E-state index in [1.807, 2.05) is 0 Å². The molecule has 0 fully saturated rings. The van der Waals surface area contributed by atoms with Crippen LogP contribution in [0.25, 0.3) is 44.4 Å². The standard InChI is InChI=1S/C34H22BN/c35-22-19-17-21(18-20-22)33-31-25-11-3-7-15-29(25)34(32(31)26-12-4-8-16-30(26)36-33)27-13-5-1-9-23(27)24-10-2-6-14-28(24)34/h1-20H,35H2. The Morgan fingerprint density at radius 3 is 1.72 bits per heavy atom. The quantitative estimate of drug-likeness (QED) is 0.258. The van der Waals surface area contributed by atoms with Crippen molar-refractivity contribution >= 4 is 24.2 Å². The minimum absolute atomic E-state index is 0.374. The summed E-state index contributed by atoms with van der Waals surface area (Å²) in [5.74, 6) is 0. The van der Waals surface area contributed by atoms with E-state index in [-0.39, 0.29) is 5.41 Å². The van der Waals surface area contributed by atoms with Crippen molar-refractivity contribution in [3.63, 3.8) is 0 Å². The molecule has 2 aliphatic carbocycles. The predicted octanol–water partition coefficient (Wildman–Crippen LogP) is 6.50. The summed E-state index contributed by atoms with van der Waals surface area (Å²) in [5.41, 5.74) is 14.8. The third kappa shape index (κ3) is 2.34. The smallest absolute Gasteiger partial charge is 0.139 e. The van der Waals surface area contributed by atoms with Crippen LogP contribution in [-0.4, -0.2) is 12.8 Å². The van der Waals surface area contributed by atoms with Crippen molar-refractivity contribution in [2.24, 2.45) is 0 Å². The van der Waals surface area contributed by atoms with Gasteiger partial charge in [-0.1, -0.05) is 121 Å². The largest absolute Gasteiger partial charge is 0.247 e. The zero-order valence-electron chi connectivity index (χ0n) is 20.0. The number of nitrogens with zero attached hydrogens (tertiary/aromatic N) is 1. The maximum Gasteiger partial charge on any atom is 0.139 e. The molecule has 0 aliphatic heterocycles. The van der Waals surface area contributed by atoms with Crippen molar-refractivity contribution in [2.75, 3.05) is 0 Å². The second-order valence-corrected chi connectivity index (χ2v) is 9.98. The molecular formula is C34H22BN. The molecule has 166 valence electrons. The van der Waals surface area contributed by atoms with E-state index < -0.39 is 0 Å². The van der Waals surface area contributed by atoms with Crippen LogP contribution in [0.3, 0.4) is 0 Å². The summed E-state index contributed by atoms with van der Waals surface area (Å²) in [6.07, 6.45) is 0. The summed E-state index contributed by atoms with van der Waals surface area (Å²) >= 11 is 0. The minimum atomic E-state index is -0.374. The van der Waals surface area contributed by atoms with Gasteiger partial charge in [0, 0.05) is 16.5 Å². The molecule has 2 heteroatoms. The Kier molecular flexibility index (Phi) is 3.89. The van der Waals surface area contributed by atoms with E-state index in [1.165, 1.54) is 55.4 Å². The fraction of sp³-hybridized carbons (Fsp3) is 0.0294. The Balaban J connectivity index is 1.64. The van der Waals surface area contributed by atoms with Crippen molar-refractivity contribution in [3.8, 4) is 33.5 Å². The Bertz CT molecular complexity index is 1800. The highest BCUT2D eigenvalue weighted by molar-refractivity contribution is 6.32. The van der Waals surface area contributed by atoms with Gasteiger partial charge in [0.15, 0.2) is 0 Å². The minimum Gasteiger partial charge on any atom is -0.247 e. The fourth-order valence-electron chi connectivity index (χ4n) is 6.74. The first-order chi connectivity index (χ1) is 17.8. The lowest BCUT2D eigenvalue weighted by molar-refractivity contribution is 0.801. The number of aromatic nitrogens is 1. The molecule has 0 saturated heterocycles. The van der Waals surface area contributed by atoms with Crippen LogP contribution >= 0.6 is 0 Å². The summed E-state index contributed by atoms with van der Waals surface area (Å²) < 4.78 is 0. The van der Waals surface area contributed by atoms with Gasteiger partial charge in [0.2, 0.25) is 0 Å². The van der Waals surface area contributed by atoms with Crippen molar-refractivity contribution < 1.29 is 0 Å². The molecule has 0 saturated carbocycles. The van der Waals surface area contributed by atoms with E-state index in [0.29, 0.717) is 0 Å². The van der Waals surface area contributed by atoms with E-state index in [9.17, 15) is 0 Å². The van der Waals surface area contributed by atoms with Gasteiger partial charge >= 0.3 is 0 Å². The molecule has 0 amide bonds. The van der Waals surface area contributed by atoms with Crippen molar-refractivity contribution in [2.45, 2.75) is 5.41 Å². The molecule has 6 aromatic rings. The molecular weight excluding hydrogens is 433 g/mol. The number of fused-ring (bicyclic) bond motifs is 12. The summed E-state index contributed by atoms with van der Waals surface area (Å²) in [6.45, 7) is 0. The molecule has 1 heterocycles. The molecule has 0 bridgehead atoms. The fourth-order valence-corrected chi connectivity index (χ4v) is 6.74. The average molecular weight is 455 g/mol. The summed E-state index contributed by atoms with van der Waals surface area (Å²) in [6, 6.07) is 44.4.